The average molecular weight is 940 g/mol. The number of terminal acetylenes is 1. The molecule has 0 N–H and O–H groups in total. The van der Waals surface area contributed by atoms with Crippen molar-refractivity contribution in [2.75, 3.05) is 0 Å². The number of hydrogen-bond acceptors (Lipinski definition) is 1. The summed E-state index contributed by atoms with van der Waals surface area (Å²) in [6.07, 6.45) is 4.95. The highest BCUT2D eigenvalue weighted by molar-refractivity contribution is 5.53. The average Bonchev–Trinajstić information content (AvgIpc) is 3.45. The van der Waals surface area contributed by atoms with E-state index in [0.29, 0.717) is 0 Å². The van der Waals surface area contributed by atoms with Crippen molar-refractivity contribution in [1.82, 2.24) is 0 Å². The van der Waals surface area contributed by atoms with E-state index in [9.17, 15) is 0 Å². The molecule has 0 aliphatic carbocycles. The van der Waals surface area contributed by atoms with E-state index in [4.69, 9.17) is 11.7 Å². The Morgan fingerprint density at radius 1 is 0.103 bits per heavy atom. The van der Waals surface area contributed by atoms with Crippen LogP contribution in [0.2, 0.25) is 0 Å². The fraction of sp³-hybridized carbons (Fsp3) is 0. The topological polar surface area (TPSA) is 23.8 Å². The van der Waals surface area contributed by atoms with Gasteiger partial charge in [0.2, 0.25) is 0 Å². The summed E-state index contributed by atoms with van der Waals surface area (Å²) >= 11 is 0. The highest BCUT2D eigenvalue weighted by Gasteiger charge is 1.65. The van der Waals surface area contributed by atoms with Crippen molar-refractivity contribution < 1.29 is 0 Å². The van der Waals surface area contributed by atoms with Crippen molar-refractivity contribution in [3.05, 3.63) is 0 Å². The Bertz CT molecular complexity index is 4940. The third-order valence-corrected chi connectivity index (χ3v) is 4.69. The summed E-state index contributed by atoms with van der Waals surface area (Å²) in [5, 5.41) is 8.21. The molecule has 0 amide bonds. The molecule has 1 heteroatoms. The largest absolute Gasteiger partial charge is 0.183 e. The van der Waals surface area contributed by atoms with Gasteiger partial charge in [0.15, 0.2) is 6.07 Å². The second-order valence-electron chi connectivity index (χ2n) is 9.51. The van der Waals surface area contributed by atoms with Crippen molar-refractivity contribution >= 4 is 0 Å². The van der Waals surface area contributed by atoms with Gasteiger partial charge < -0.3 is 0 Å². The Labute approximate surface area is 459 Å². The fourth-order valence-electron chi connectivity index (χ4n) is 2.31. The van der Waals surface area contributed by atoms with Gasteiger partial charge in [-0.2, -0.15) is 5.26 Å². The van der Waals surface area contributed by atoms with Gasteiger partial charge in [0.1, 0.15) is 0 Å². The van der Waals surface area contributed by atoms with Crippen molar-refractivity contribution in [2.24, 2.45) is 0 Å². The maximum atomic E-state index is 8.21. The maximum Gasteiger partial charge on any atom is 0.153 e. The molecular formula is C77HN. The number of rotatable bonds is 0. The van der Waals surface area contributed by atoms with Gasteiger partial charge in [0.05, 0.1) is 0 Å². The van der Waals surface area contributed by atoms with E-state index in [-0.39, 0.29) is 0 Å². The molecule has 0 radical (unpaired) electrons. The van der Waals surface area contributed by atoms with Gasteiger partial charge in [-0.3, -0.25) is 0 Å². The highest BCUT2D eigenvalue weighted by Crippen LogP contribution is 1.65. The zero-order valence-electron chi connectivity index (χ0n) is 39.0. The molecule has 0 atom stereocenters. The second kappa shape index (κ2) is 59.8. The molecular weight excluding hydrogens is 939 g/mol. The summed E-state index contributed by atoms with van der Waals surface area (Å²) < 4.78 is 0. The molecule has 0 aromatic carbocycles. The van der Waals surface area contributed by atoms with Crippen LogP contribution in [0.3, 0.4) is 0 Å². The lowest BCUT2D eigenvalue weighted by atomic mass is 10.4. The molecule has 0 saturated carbocycles. The minimum absolute atomic E-state index is 1.62. The number of nitriles is 1. The van der Waals surface area contributed by atoms with Crippen LogP contribution in [0.25, 0.3) is 0 Å². The predicted octanol–water partition coefficient (Wildman–Crippen LogP) is 0.269. The first-order chi connectivity index (χ1) is 38.9. The molecule has 0 heterocycles. The lowest BCUT2D eigenvalue weighted by Crippen LogP contribution is -1.57. The fourth-order valence-corrected chi connectivity index (χ4v) is 2.31. The second-order valence-corrected chi connectivity index (χ2v) is 9.51. The van der Waals surface area contributed by atoms with Crippen molar-refractivity contribution in [2.45, 2.75) is 0 Å². The predicted molar refractivity (Wildman–Crippen MR) is 302 cm³/mol. The van der Waals surface area contributed by atoms with Crippen LogP contribution in [0.4, 0.5) is 0 Å². The molecule has 0 rings (SSSR count). The lowest BCUT2D eigenvalue weighted by Gasteiger charge is -1.58. The van der Waals surface area contributed by atoms with Crippen LogP contribution in [0, 0.1) is 462 Å². The number of hydrogen-bond donors (Lipinski definition) is 0. The van der Waals surface area contributed by atoms with Crippen LogP contribution in [-0.4, -0.2) is 0 Å². The zero-order valence-corrected chi connectivity index (χ0v) is 39.0. The lowest BCUT2D eigenvalue weighted by molar-refractivity contribution is 1.55. The monoisotopic (exact) mass is 939 g/mol. The van der Waals surface area contributed by atoms with Gasteiger partial charge in [0.25, 0.3) is 0 Å². The molecule has 1 nitrogen and oxygen atoms in total. The van der Waals surface area contributed by atoms with Gasteiger partial charge in [0, 0.05) is 397 Å². The van der Waals surface area contributed by atoms with E-state index < -0.39 is 0 Å². The summed E-state index contributed by atoms with van der Waals surface area (Å²) in [5.41, 5.74) is 0. The van der Waals surface area contributed by atoms with E-state index in [1.165, 1.54) is 0 Å². The van der Waals surface area contributed by atoms with Gasteiger partial charge in [-0.1, -0.05) is 0 Å². The summed E-state index contributed by atoms with van der Waals surface area (Å²) in [7, 11) is 0. The Hall–Kier alpha value is -17.2. The molecule has 0 aromatic rings. The summed E-state index contributed by atoms with van der Waals surface area (Å²) in [5.74, 6) is 185. The molecule has 0 spiro atoms. The van der Waals surface area contributed by atoms with Crippen molar-refractivity contribution in [3.63, 3.8) is 0 Å². The van der Waals surface area contributed by atoms with E-state index in [1.54, 1.807) is 6.07 Å². The Morgan fingerprint density at radius 2 is 0.167 bits per heavy atom. The maximum absolute atomic E-state index is 8.21. The summed E-state index contributed by atoms with van der Waals surface area (Å²) in [4.78, 5) is 0. The molecule has 0 saturated heterocycles. The Balaban J connectivity index is 4.61. The van der Waals surface area contributed by atoms with E-state index in [1.807, 2.05) is 0 Å². The molecule has 0 bridgehead atoms. The highest BCUT2D eigenvalue weighted by atomic mass is 14.2. The summed E-state index contributed by atoms with van der Waals surface area (Å²) in [6, 6.07) is 1.62. The standard InChI is InChI=1S/C77HN/c1-2-3-4-5-6-7-8-9-10-11-12-13-14-15-16-17-18-19-20-21-22-23-24-25-26-27-28-29-30-31-32-33-34-35-36-37-38-39-40-41-42-43-44-45-46-47-48-49-50-51-52-53-54-55-56-57-58-59-60-61-62-63-64-65-66-67-68-69-70-71-72-73-74-75-76-77-78/h1H. The van der Waals surface area contributed by atoms with E-state index >= 15 is 0 Å². The quantitative estimate of drug-likeness (QED) is 0.321. The van der Waals surface area contributed by atoms with Crippen molar-refractivity contribution in [3.8, 4) is 457 Å². The van der Waals surface area contributed by atoms with Gasteiger partial charge in [-0.15, -0.1) is 6.42 Å². The SMILES string of the molecule is C#CC#CC#CC#CC#CC#CC#CC#CC#CC#CC#CC#CC#CC#CC#CC#CC#CC#CC#CC#CC#CC#CC#CC#CC#CC#CC#CC#CC#CC#CC#CC#CC#CC#CC#CC#CC#CC#CC#N. The van der Waals surface area contributed by atoms with E-state index in [2.05, 4.69) is 444 Å². The van der Waals surface area contributed by atoms with Gasteiger partial charge in [-0.05, 0) is 47.4 Å². The van der Waals surface area contributed by atoms with Gasteiger partial charge in [-0.25, -0.2) is 0 Å². The molecule has 0 fully saturated rings. The molecule has 0 aliphatic heterocycles. The molecule has 314 valence electrons. The first-order valence-corrected chi connectivity index (χ1v) is 19.3. The zero-order chi connectivity index (χ0) is 55.7. The minimum atomic E-state index is 1.62. The molecule has 0 aliphatic rings. The van der Waals surface area contributed by atoms with E-state index in [0.717, 1.165) is 0 Å². The van der Waals surface area contributed by atoms with Crippen LogP contribution in [0.5, 0.6) is 0 Å². The third kappa shape index (κ3) is 58.8. The van der Waals surface area contributed by atoms with Crippen LogP contribution in [0.15, 0.2) is 0 Å². The smallest absolute Gasteiger partial charge is 0.153 e. The first-order valence-electron chi connectivity index (χ1n) is 19.3. The molecule has 78 heavy (non-hydrogen) atoms. The Kier molecular flexibility index (Phi) is 46.6. The first kappa shape index (κ1) is 60.8. The number of nitrogens with zero attached hydrogens (tertiary/aromatic N) is 1. The third-order valence-electron chi connectivity index (χ3n) is 4.69. The van der Waals surface area contributed by atoms with Crippen LogP contribution >= 0.6 is 0 Å². The van der Waals surface area contributed by atoms with Crippen LogP contribution < -0.4 is 0 Å². The Morgan fingerprint density at radius 3 is 0.231 bits per heavy atom. The molecule has 0 aromatic heterocycles. The van der Waals surface area contributed by atoms with Crippen LogP contribution in [-0.2, 0) is 0 Å². The minimum Gasteiger partial charge on any atom is -0.183 e. The van der Waals surface area contributed by atoms with Gasteiger partial charge >= 0.3 is 0 Å². The normalized spacial score (nSPS) is 3.92. The van der Waals surface area contributed by atoms with Crippen molar-refractivity contribution in [1.29, 1.82) is 5.26 Å². The molecule has 0 unspecified atom stereocenters. The summed E-state index contributed by atoms with van der Waals surface area (Å²) in [6.45, 7) is 0. The van der Waals surface area contributed by atoms with Crippen LogP contribution in [0.1, 0.15) is 0 Å².